The van der Waals surface area contributed by atoms with E-state index in [1.54, 1.807) is 59.9 Å². The molecule has 9 heteroatoms. The van der Waals surface area contributed by atoms with Crippen molar-refractivity contribution >= 4 is 34.7 Å². The maximum Gasteiger partial charge on any atom is 0.276 e. The second kappa shape index (κ2) is 13.0. The Bertz CT molecular complexity index is 1100. The summed E-state index contributed by atoms with van der Waals surface area (Å²) in [6.45, 7) is 2.02. The van der Waals surface area contributed by atoms with Crippen molar-refractivity contribution in [2.75, 3.05) is 18.5 Å². The Morgan fingerprint density at radius 3 is 2.41 bits per heavy atom. The molecular formula is C25H27N3O5S. The lowest BCUT2D eigenvalue weighted by atomic mass is 10.1. The van der Waals surface area contributed by atoms with Crippen LogP contribution in [0.15, 0.2) is 66.0 Å². The number of benzene rings is 2. The highest BCUT2D eigenvalue weighted by atomic mass is 32.1. The van der Waals surface area contributed by atoms with Gasteiger partial charge in [0.2, 0.25) is 5.91 Å². The number of amides is 3. The number of hydrazine groups is 1. The van der Waals surface area contributed by atoms with Crippen LogP contribution in [0.25, 0.3) is 0 Å². The van der Waals surface area contributed by atoms with Crippen LogP contribution < -0.4 is 25.6 Å². The first-order chi connectivity index (χ1) is 16.5. The number of hydrogen-bond acceptors (Lipinski definition) is 6. The second-order valence-electron chi connectivity index (χ2n) is 7.23. The fourth-order valence-electron chi connectivity index (χ4n) is 3.06. The van der Waals surface area contributed by atoms with Gasteiger partial charge in [0.25, 0.3) is 11.8 Å². The number of ether oxygens (including phenoxy) is 2. The summed E-state index contributed by atoms with van der Waals surface area (Å²) < 4.78 is 10.9. The molecule has 1 heterocycles. The number of anilines is 1. The molecule has 0 radical (unpaired) electrons. The summed E-state index contributed by atoms with van der Waals surface area (Å²) in [7, 11) is 0. The molecule has 2 aromatic carbocycles. The zero-order valence-corrected chi connectivity index (χ0v) is 19.7. The minimum absolute atomic E-state index is 0.119. The largest absolute Gasteiger partial charge is 0.490 e. The average molecular weight is 482 g/mol. The smallest absolute Gasteiger partial charge is 0.276 e. The number of carbonyl (C=O) groups excluding carboxylic acids is 3. The van der Waals surface area contributed by atoms with Gasteiger partial charge in [-0.25, -0.2) is 0 Å². The zero-order valence-electron chi connectivity index (χ0n) is 18.8. The normalized spacial score (nSPS) is 10.3. The molecular weight excluding hydrogens is 454 g/mol. The number of hydrogen-bond donors (Lipinski definition) is 3. The van der Waals surface area contributed by atoms with E-state index < -0.39 is 11.8 Å². The van der Waals surface area contributed by atoms with Crippen LogP contribution in [0.5, 0.6) is 11.5 Å². The third kappa shape index (κ3) is 7.93. The predicted octanol–water partition coefficient (Wildman–Crippen LogP) is 3.95. The molecule has 0 bridgehead atoms. The molecule has 0 aliphatic carbocycles. The van der Waals surface area contributed by atoms with Crippen LogP contribution in [0.3, 0.4) is 0 Å². The van der Waals surface area contributed by atoms with Crippen molar-refractivity contribution in [2.24, 2.45) is 0 Å². The molecule has 0 spiro atoms. The highest BCUT2D eigenvalue weighted by Crippen LogP contribution is 2.26. The average Bonchev–Trinajstić information content (AvgIpc) is 3.36. The maximum absolute atomic E-state index is 12.4. The lowest BCUT2D eigenvalue weighted by Crippen LogP contribution is -2.43. The van der Waals surface area contributed by atoms with E-state index in [0.717, 1.165) is 12.8 Å². The molecule has 3 rings (SSSR count). The van der Waals surface area contributed by atoms with E-state index in [4.69, 9.17) is 9.47 Å². The van der Waals surface area contributed by atoms with Crippen molar-refractivity contribution in [3.05, 3.63) is 76.5 Å². The Kier molecular flexibility index (Phi) is 9.48. The van der Waals surface area contributed by atoms with E-state index in [9.17, 15) is 14.4 Å². The first-order valence-corrected chi connectivity index (χ1v) is 11.8. The molecule has 0 aliphatic rings. The SMILES string of the molecule is CCOc1ccccc1OCC(=O)NNC(=O)c1cccc(NC(=O)CCCc2cccs2)c1. The van der Waals surface area contributed by atoms with Gasteiger partial charge >= 0.3 is 0 Å². The van der Waals surface area contributed by atoms with Crippen molar-refractivity contribution in [3.63, 3.8) is 0 Å². The van der Waals surface area contributed by atoms with E-state index in [1.165, 1.54) is 4.88 Å². The monoisotopic (exact) mass is 481 g/mol. The lowest BCUT2D eigenvalue weighted by Gasteiger charge is -2.12. The van der Waals surface area contributed by atoms with Gasteiger partial charge < -0.3 is 14.8 Å². The Hall–Kier alpha value is -3.85. The molecule has 3 aromatic rings. The van der Waals surface area contributed by atoms with E-state index in [0.29, 0.717) is 35.8 Å². The van der Waals surface area contributed by atoms with Crippen LogP contribution in [-0.4, -0.2) is 30.9 Å². The van der Waals surface area contributed by atoms with Gasteiger partial charge in [-0.1, -0.05) is 24.3 Å². The van der Waals surface area contributed by atoms with E-state index >= 15 is 0 Å². The second-order valence-corrected chi connectivity index (χ2v) is 8.26. The van der Waals surface area contributed by atoms with E-state index in [2.05, 4.69) is 22.2 Å². The number of thiophene rings is 1. The molecule has 3 N–H and O–H groups in total. The number of rotatable bonds is 11. The summed E-state index contributed by atoms with van der Waals surface area (Å²) in [5, 5.41) is 4.82. The van der Waals surface area contributed by atoms with Gasteiger partial charge in [-0.2, -0.15) is 0 Å². The molecule has 0 unspecified atom stereocenters. The summed E-state index contributed by atoms with van der Waals surface area (Å²) in [5.41, 5.74) is 5.46. The summed E-state index contributed by atoms with van der Waals surface area (Å²) in [4.78, 5) is 37.9. The Morgan fingerprint density at radius 1 is 0.882 bits per heavy atom. The molecule has 0 atom stereocenters. The van der Waals surface area contributed by atoms with Gasteiger partial charge in [-0.15, -0.1) is 11.3 Å². The van der Waals surface area contributed by atoms with Crippen LogP contribution in [0.4, 0.5) is 5.69 Å². The minimum atomic E-state index is -0.533. The first-order valence-electron chi connectivity index (χ1n) is 10.9. The highest BCUT2D eigenvalue weighted by molar-refractivity contribution is 7.09. The Morgan fingerprint density at radius 2 is 1.68 bits per heavy atom. The molecule has 3 amide bonds. The number of aryl methyl sites for hydroxylation is 1. The van der Waals surface area contributed by atoms with Crippen molar-refractivity contribution in [1.82, 2.24) is 10.9 Å². The first kappa shape index (κ1) is 24.8. The predicted molar refractivity (Wildman–Crippen MR) is 131 cm³/mol. The summed E-state index contributed by atoms with van der Waals surface area (Å²) >= 11 is 1.68. The van der Waals surface area contributed by atoms with Crippen molar-refractivity contribution in [3.8, 4) is 11.5 Å². The molecule has 0 saturated heterocycles. The topological polar surface area (TPSA) is 106 Å². The van der Waals surface area contributed by atoms with Gasteiger partial charge in [0.1, 0.15) is 0 Å². The fraction of sp³-hybridized carbons (Fsp3) is 0.240. The van der Waals surface area contributed by atoms with Crippen LogP contribution in [0.1, 0.15) is 35.0 Å². The number of carbonyl (C=O) groups is 3. The molecule has 8 nitrogen and oxygen atoms in total. The van der Waals surface area contributed by atoms with Crippen LogP contribution >= 0.6 is 11.3 Å². The molecule has 0 aliphatic heterocycles. The highest BCUT2D eigenvalue weighted by Gasteiger charge is 2.11. The lowest BCUT2D eigenvalue weighted by molar-refractivity contribution is -0.123. The molecule has 0 fully saturated rings. The van der Waals surface area contributed by atoms with Gasteiger partial charge in [-0.3, -0.25) is 25.2 Å². The fourth-order valence-corrected chi connectivity index (χ4v) is 3.81. The van der Waals surface area contributed by atoms with Gasteiger partial charge in [-0.05, 0) is 61.5 Å². The van der Waals surface area contributed by atoms with E-state index in [-0.39, 0.29) is 12.5 Å². The molecule has 0 saturated carbocycles. The van der Waals surface area contributed by atoms with Crippen molar-refractivity contribution in [2.45, 2.75) is 26.2 Å². The summed E-state index contributed by atoms with van der Waals surface area (Å²) in [6, 6.07) is 17.6. The third-order valence-electron chi connectivity index (χ3n) is 4.64. The minimum Gasteiger partial charge on any atom is -0.490 e. The van der Waals surface area contributed by atoms with Crippen molar-refractivity contribution < 1.29 is 23.9 Å². The standard InChI is InChI=1S/C25H27N3O5S/c1-2-32-21-12-3-4-13-22(21)33-17-24(30)27-28-25(31)18-8-5-9-19(16-18)26-23(29)14-6-10-20-11-7-15-34-20/h3-5,7-9,11-13,15-16H,2,6,10,14,17H2,1H3,(H,26,29)(H,27,30)(H,28,31). The van der Waals surface area contributed by atoms with Gasteiger partial charge in [0.05, 0.1) is 6.61 Å². The zero-order chi connectivity index (χ0) is 24.2. The maximum atomic E-state index is 12.4. The Balaban J connectivity index is 1.42. The summed E-state index contributed by atoms with van der Waals surface area (Å²) in [5.74, 6) is -0.199. The third-order valence-corrected chi connectivity index (χ3v) is 5.58. The van der Waals surface area contributed by atoms with Crippen molar-refractivity contribution in [1.29, 1.82) is 0 Å². The van der Waals surface area contributed by atoms with Crippen LogP contribution in [-0.2, 0) is 16.0 Å². The molecule has 1 aromatic heterocycles. The van der Waals surface area contributed by atoms with Gasteiger partial charge in [0, 0.05) is 22.5 Å². The number of para-hydroxylation sites is 2. The van der Waals surface area contributed by atoms with Gasteiger partial charge in [0.15, 0.2) is 18.1 Å². The summed E-state index contributed by atoms with van der Waals surface area (Å²) in [6.07, 6.45) is 1.99. The van der Waals surface area contributed by atoms with E-state index in [1.807, 2.05) is 18.4 Å². The van der Waals surface area contributed by atoms with Crippen LogP contribution in [0.2, 0.25) is 0 Å². The molecule has 34 heavy (non-hydrogen) atoms. The van der Waals surface area contributed by atoms with Crippen LogP contribution in [0, 0.1) is 0 Å². The quantitative estimate of drug-likeness (QED) is 0.360. The molecule has 178 valence electrons. The number of nitrogens with one attached hydrogen (secondary N) is 3. The Labute approximate surface area is 202 Å².